The molecule has 1 heterocycles. The fourth-order valence-corrected chi connectivity index (χ4v) is 1.65. The Morgan fingerprint density at radius 3 is 2.68 bits per heavy atom. The van der Waals surface area contributed by atoms with E-state index in [1.54, 1.807) is 6.07 Å². The Morgan fingerprint density at radius 2 is 2.05 bits per heavy atom. The Morgan fingerprint density at radius 1 is 1.32 bits per heavy atom. The van der Waals surface area contributed by atoms with Gasteiger partial charge >= 0.3 is 0 Å². The summed E-state index contributed by atoms with van der Waals surface area (Å²) in [4.78, 5) is 4.30. The second-order valence-electron chi connectivity index (χ2n) is 5.48. The number of aromatic nitrogens is 2. The Kier molecular flexibility index (Phi) is 3.80. The molecule has 0 fully saturated rings. The maximum Gasteiger partial charge on any atom is 0.264 e. The molecule has 0 aliphatic carbocycles. The standard InChI is InChI=1S/C14H17ClN2O2/c1-9-5-6-10(15)11(7-9)18-8-12-16-13(17-19-12)14(2,3)4/h5-7H,8H2,1-4H3. The van der Waals surface area contributed by atoms with Crippen molar-refractivity contribution in [1.29, 1.82) is 0 Å². The van der Waals surface area contributed by atoms with Crippen LogP contribution in [-0.2, 0) is 12.0 Å². The van der Waals surface area contributed by atoms with Crippen molar-refractivity contribution >= 4 is 11.6 Å². The molecule has 0 unspecified atom stereocenters. The van der Waals surface area contributed by atoms with Crippen LogP contribution in [0.2, 0.25) is 5.02 Å². The van der Waals surface area contributed by atoms with Crippen molar-refractivity contribution in [3.8, 4) is 5.75 Å². The number of nitrogens with zero attached hydrogens (tertiary/aromatic N) is 2. The third-order valence-corrected chi connectivity index (χ3v) is 2.89. The lowest BCUT2D eigenvalue weighted by molar-refractivity contribution is 0.242. The summed E-state index contributed by atoms with van der Waals surface area (Å²) in [6.45, 7) is 8.28. The molecule has 0 aliphatic heterocycles. The summed E-state index contributed by atoms with van der Waals surface area (Å²) in [6, 6.07) is 5.61. The molecular weight excluding hydrogens is 264 g/mol. The maximum atomic E-state index is 6.05. The Balaban J connectivity index is 2.06. The van der Waals surface area contributed by atoms with E-state index in [0.717, 1.165) is 5.56 Å². The second-order valence-corrected chi connectivity index (χ2v) is 5.89. The molecule has 0 N–H and O–H groups in total. The molecule has 4 nitrogen and oxygen atoms in total. The van der Waals surface area contributed by atoms with E-state index in [-0.39, 0.29) is 12.0 Å². The lowest BCUT2D eigenvalue weighted by Crippen LogP contribution is -2.13. The Labute approximate surface area is 117 Å². The van der Waals surface area contributed by atoms with Gasteiger partial charge in [0.05, 0.1) is 5.02 Å². The van der Waals surface area contributed by atoms with Gasteiger partial charge in [-0.2, -0.15) is 4.98 Å². The van der Waals surface area contributed by atoms with Crippen LogP contribution in [0.25, 0.3) is 0 Å². The predicted molar refractivity (Wildman–Crippen MR) is 73.5 cm³/mol. The van der Waals surface area contributed by atoms with E-state index in [1.165, 1.54) is 0 Å². The maximum absolute atomic E-state index is 6.05. The van der Waals surface area contributed by atoms with Gasteiger partial charge in [-0.1, -0.05) is 43.6 Å². The lowest BCUT2D eigenvalue weighted by atomic mass is 9.96. The normalized spacial score (nSPS) is 11.6. The fourth-order valence-electron chi connectivity index (χ4n) is 1.48. The van der Waals surface area contributed by atoms with Gasteiger partial charge in [0.2, 0.25) is 0 Å². The monoisotopic (exact) mass is 280 g/mol. The first-order valence-corrected chi connectivity index (χ1v) is 6.46. The van der Waals surface area contributed by atoms with Crippen LogP contribution in [0.15, 0.2) is 22.7 Å². The summed E-state index contributed by atoms with van der Waals surface area (Å²) in [6.07, 6.45) is 0. The topological polar surface area (TPSA) is 48.2 Å². The summed E-state index contributed by atoms with van der Waals surface area (Å²) in [5.41, 5.74) is 0.947. The molecule has 0 aliphatic rings. The van der Waals surface area contributed by atoms with Gasteiger partial charge in [-0.15, -0.1) is 0 Å². The van der Waals surface area contributed by atoms with Gasteiger partial charge in [-0.3, -0.25) is 0 Å². The van der Waals surface area contributed by atoms with E-state index in [0.29, 0.717) is 22.5 Å². The zero-order chi connectivity index (χ0) is 14.0. The number of halogens is 1. The first-order chi connectivity index (χ1) is 8.86. The van der Waals surface area contributed by atoms with Crippen molar-refractivity contribution in [1.82, 2.24) is 10.1 Å². The van der Waals surface area contributed by atoms with Gasteiger partial charge in [0, 0.05) is 5.41 Å². The molecule has 0 spiro atoms. The number of ether oxygens (including phenoxy) is 1. The summed E-state index contributed by atoms with van der Waals surface area (Å²) in [5, 5.41) is 4.51. The molecule has 0 radical (unpaired) electrons. The van der Waals surface area contributed by atoms with Crippen LogP contribution < -0.4 is 4.74 Å². The highest BCUT2D eigenvalue weighted by Crippen LogP contribution is 2.26. The first-order valence-electron chi connectivity index (χ1n) is 6.08. The van der Waals surface area contributed by atoms with Crippen molar-refractivity contribution in [3.63, 3.8) is 0 Å². The first kappa shape index (κ1) is 13.9. The Hall–Kier alpha value is -1.55. The SMILES string of the molecule is Cc1ccc(Cl)c(OCc2nc(C(C)(C)C)no2)c1. The zero-order valence-electron chi connectivity index (χ0n) is 11.5. The number of aryl methyl sites for hydroxylation is 1. The van der Waals surface area contributed by atoms with Crippen LogP contribution in [0.3, 0.4) is 0 Å². The van der Waals surface area contributed by atoms with E-state index >= 15 is 0 Å². The van der Waals surface area contributed by atoms with E-state index in [2.05, 4.69) is 10.1 Å². The average Bonchev–Trinajstić information content (AvgIpc) is 2.79. The average molecular weight is 281 g/mol. The molecule has 19 heavy (non-hydrogen) atoms. The lowest BCUT2D eigenvalue weighted by Gasteiger charge is -2.11. The van der Waals surface area contributed by atoms with Crippen molar-refractivity contribution < 1.29 is 9.26 Å². The molecule has 5 heteroatoms. The molecule has 0 atom stereocenters. The van der Waals surface area contributed by atoms with Crippen LogP contribution in [0.4, 0.5) is 0 Å². The van der Waals surface area contributed by atoms with E-state index in [4.69, 9.17) is 20.9 Å². The Bertz CT molecular complexity index is 573. The van der Waals surface area contributed by atoms with Crippen LogP contribution >= 0.6 is 11.6 Å². The molecule has 0 amide bonds. The van der Waals surface area contributed by atoms with Crippen molar-refractivity contribution in [3.05, 3.63) is 40.5 Å². The molecule has 102 valence electrons. The van der Waals surface area contributed by atoms with Gasteiger partial charge < -0.3 is 9.26 Å². The van der Waals surface area contributed by atoms with Gasteiger partial charge in [0.15, 0.2) is 12.4 Å². The highest BCUT2D eigenvalue weighted by atomic mass is 35.5. The quantitative estimate of drug-likeness (QED) is 0.855. The van der Waals surface area contributed by atoms with Crippen LogP contribution in [0.5, 0.6) is 5.75 Å². The number of hydrogen-bond donors (Lipinski definition) is 0. The largest absolute Gasteiger partial charge is 0.482 e. The summed E-state index contributed by atoms with van der Waals surface area (Å²) >= 11 is 6.05. The minimum atomic E-state index is -0.136. The van der Waals surface area contributed by atoms with Gasteiger partial charge in [-0.05, 0) is 24.6 Å². The summed E-state index contributed by atoms with van der Waals surface area (Å²) < 4.78 is 10.8. The van der Waals surface area contributed by atoms with Gasteiger partial charge in [0.1, 0.15) is 5.75 Å². The number of hydrogen-bond acceptors (Lipinski definition) is 4. The molecule has 0 saturated heterocycles. The van der Waals surface area contributed by atoms with E-state index < -0.39 is 0 Å². The van der Waals surface area contributed by atoms with E-state index in [1.807, 2.05) is 39.8 Å². The van der Waals surface area contributed by atoms with Gasteiger partial charge in [-0.25, -0.2) is 0 Å². The van der Waals surface area contributed by atoms with Crippen molar-refractivity contribution in [2.75, 3.05) is 0 Å². The van der Waals surface area contributed by atoms with Crippen LogP contribution in [0.1, 0.15) is 38.0 Å². The highest BCUT2D eigenvalue weighted by Gasteiger charge is 2.21. The third-order valence-electron chi connectivity index (χ3n) is 2.58. The molecule has 2 aromatic rings. The third kappa shape index (κ3) is 3.47. The van der Waals surface area contributed by atoms with Crippen LogP contribution in [-0.4, -0.2) is 10.1 Å². The summed E-state index contributed by atoms with van der Waals surface area (Å²) in [5.74, 6) is 1.74. The van der Waals surface area contributed by atoms with Gasteiger partial charge in [0.25, 0.3) is 5.89 Å². The second kappa shape index (κ2) is 5.21. The minimum absolute atomic E-state index is 0.136. The molecule has 2 rings (SSSR count). The number of rotatable bonds is 3. The number of benzene rings is 1. The van der Waals surface area contributed by atoms with Crippen molar-refractivity contribution in [2.45, 2.75) is 39.7 Å². The van der Waals surface area contributed by atoms with Crippen LogP contribution in [0, 0.1) is 6.92 Å². The highest BCUT2D eigenvalue weighted by molar-refractivity contribution is 6.32. The predicted octanol–water partition coefficient (Wildman–Crippen LogP) is 3.91. The smallest absolute Gasteiger partial charge is 0.264 e. The molecule has 1 aromatic carbocycles. The molecule has 1 aromatic heterocycles. The molecule has 0 saturated carbocycles. The fraction of sp³-hybridized carbons (Fsp3) is 0.429. The van der Waals surface area contributed by atoms with E-state index in [9.17, 15) is 0 Å². The molecular formula is C14H17ClN2O2. The minimum Gasteiger partial charge on any atom is -0.482 e. The van der Waals surface area contributed by atoms with Crippen molar-refractivity contribution in [2.24, 2.45) is 0 Å². The summed E-state index contributed by atoms with van der Waals surface area (Å²) in [7, 11) is 0. The zero-order valence-corrected chi connectivity index (χ0v) is 12.3. The molecule has 0 bridgehead atoms.